The van der Waals surface area contributed by atoms with Crippen LogP contribution in [0.4, 0.5) is 0 Å². The lowest BCUT2D eigenvalue weighted by atomic mass is 10.4. The lowest BCUT2D eigenvalue weighted by Crippen LogP contribution is -2.20. The maximum absolute atomic E-state index is 5.38. The van der Waals surface area contributed by atoms with E-state index in [1.54, 1.807) is 19.4 Å². The van der Waals surface area contributed by atoms with Gasteiger partial charge in [0.15, 0.2) is 0 Å². The van der Waals surface area contributed by atoms with Gasteiger partial charge in [-0.25, -0.2) is 4.98 Å². The highest BCUT2D eigenvalue weighted by atomic mass is 16.5. The number of rotatable bonds is 6. The van der Waals surface area contributed by atoms with E-state index in [2.05, 4.69) is 17.2 Å². The number of likely N-dealkylation sites (N-methyl/N-ethyl adjacent to an activating group) is 1. The molecule has 0 fully saturated rings. The summed E-state index contributed by atoms with van der Waals surface area (Å²) in [6.07, 6.45) is 1.64. The first kappa shape index (κ1) is 14.7. The van der Waals surface area contributed by atoms with Crippen LogP contribution in [-0.4, -0.2) is 31.8 Å². The molecule has 1 rings (SSSR count). The lowest BCUT2D eigenvalue weighted by molar-refractivity contribution is 0.302. The van der Waals surface area contributed by atoms with Gasteiger partial charge in [0.1, 0.15) is 12.4 Å². The van der Waals surface area contributed by atoms with Crippen LogP contribution in [0.2, 0.25) is 0 Å². The molecule has 0 saturated heterocycles. The van der Waals surface area contributed by atoms with Crippen molar-refractivity contribution >= 4 is 0 Å². The van der Waals surface area contributed by atoms with E-state index in [4.69, 9.17) is 9.47 Å². The second kappa shape index (κ2) is 10.2. The summed E-state index contributed by atoms with van der Waals surface area (Å²) in [6.45, 7) is 8.49. The molecule has 0 aliphatic heterocycles. The third kappa shape index (κ3) is 6.24. The molecule has 4 heteroatoms. The molecule has 0 radical (unpaired) electrons. The number of nitrogens with one attached hydrogen (secondary N) is 1. The molecule has 0 unspecified atom stereocenters. The third-order valence-corrected chi connectivity index (χ3v) is 1.72. The Labute approximate surface area is 99.5 Å². The minimum atomic E-state index is 0. The first-order chi connectivity index (χ1) is 7.86. The highest BCUT2D eigenvalue weighted by Gasteiger charge is 1.95. The Morgan fingerprint density at radius 3 is 2.62 bits per heavy atom. The minimum Gasteiger partial charge on any atom is -0.495 e. The van der Waals surface area contributed by atoms with Crippen molar-refractivity contribution in [3.05, 3.63) is 18.3 Å². The van der Waals surface area contributed by atoms with Crippen molar-refractivity contribution in [1.29, 1.82) is 0 Å². The number of methoxy groups -OCH3 is 1. The van der Waals surface area contributed by atoms with E-state index < -0.39 is 0 Å². The van der Waals surface area contributed by atoms with Crippen LogP contribution >= 0.6 is 0 Å². The van der Waals surface area contributed by atoms with Crippen molar-refractivity contribution in [1.82, 2.24) is 10.3 Å². The van der Waals surface area contributed by atoms with Crippen LogP contribution < -0.4 is 14.8 Å². The van der Waals surface area contributed by atoms with E-state index in [0.29, 0.717) is 12.5 Å². The average Bonchev–Trinajstić information content (AvgIpc) is 2.38. The summed E-state index contributed by atoms with van der Waals surface area (Å²) in [5, 5.41) is 3.16. The highest BCUT2D eigenvalue weighted by Crippen LogP contribution is 2.12. The molecule has 1 N–H and O–H groups in total. The molecule has 4 nitrogen and oxygen atoms in total. The third-order valence-electron chi connectivity index (χ3n) is 1.72. The van der Waals surface area contributed by atoms with Gasteiger partial charge in [0.05, 0.1) is 13.3 Å². The second-order valence-corrected chi connectivity index (χ2v) is 2.74. The normalized spacial score (nSPS) is 9.00. The average molecular weight is 228 g/mol. The van der Waals surface area contributed by atoms with E-state index >= 15 is 0 Å². The maximum atomic E-state index is 5.38. The van der Waals surface area contributed by atoms with Gasteiger partial charge in [0.2, 0.25) is 5.88 Å². The van der Waals surface area contributed by atoms with Gasteiger partial charge in [-0.1, -0.05) is 20.8 Å². The molecule has 1 aromatic rings. The van der Waals surface area contributed by atoms with E-state index in [9.17, 15) is 0 Å². The maximum Gasteiger partial charge on any atom is 0.213 e. The van der Waals surface area contributed by atoms with Crippen LogP contribution in [0.5, 0.6) is 11.6 Å². The lowest BCUT2D eigenvalue weighted by Gasteiger charge is -2.05. The number of hydrogen-bond acceptors (Lipinski definition) is 4. The van der Waals surface area contributed by atoms with E-state index in [0.717, 1.165) is 18.8 Å². The zero-order valence-electron chi connectivity index (χ0n) is 10.6. The van der Waals surface area contributed by atoms with Crippen LogP contribution in [0.1, 0.15) is 22.2 Å². The summed E-state index contributed by atoms with van der Waals surface area (Å²) in [4.78, 5) is 4.07. The highest BCUT2D eigenvalue weighted by molar-refractivity contribution is 5.22. The summed E-state index contributed by atoms with van der Waals surface area (Å²) in [5.41, 5.74) is 0. The Hall–Kier alpha value is -1.29. The second-order valence-electron chi connectivity index (χ2n) is 2.74. The zero-order chi connectivity index (χ0) is 12.2. The van der Waals surface area contributed by atoms with Crippen LogP contribution in [0.25, 0.3) is 0 Å². The number of pyridine rings is 1. The molecular weight excluding hydrogens is 204 g/mol. The van der Waals surface area contributed by atoms with E-state index in [1.165, 1.54) is 0 Å². The Morgan fingerprint density at radius 2 is 2.12 bits per heavy atom. The SMILES string of the molecule is CC.CCNCCOc1ccc(OC)cn1.[HH]. The summed E-state index contributed by atoms with van der Waals surface area (Å²) >= 11 is 0. The molecule has 0 aromatic carbocycles. The van der Waals surface area contributed by atoms with E-state index in [-0.39, 0.29) is 1.43 Å². The first-order valence-electron chi connectivity index (χ1n) is 5.70. The molecule has 0 atom stereocenters. The fourth-order valence-corrected chi connectivity index (χ4v) is 0.977. The number of aromatic nitrogens is 1. The Balaban J connectivity index is 0. The smallest absolute Gasteiger partial charge is 0.213 e. The predicted molar refractivity (Wildman–Crippen MR) is 68.3 cm³/mol. The molecule has 16 heavy (non-hydrogen) atoms. The number of hydrogen-bond donors (Lipinski definition) is 1. The Kier molecular flexibility index (Phi) is 9.41. The van der Waals surface area contributed by atoms with Crippen molar-refractivity contribution in [3.8, 4) is 11.6 Å². The monoisotopic (exact) mass is 228 g/mol. The molecular formula is C12H24N2O2. The molecule has 0 amide bonds. The molecule has 0 saturated carbocycles. The van der Waals surface area contributed by atoms with Crippen molar-refractivity contribution in [2.45, 2.75) is 20.8 Å². The molecule has 0 aliphatic carbocycles. The molecule has 0 aliphatic rings. The van der Waals surface area contributed by atoms with Gasteiger partial charge in [-0.05, 0) is 12.6 Å². The van der Waals surface area contributed by atoms with Crippen LogP contribution in [0, 0.1) is 0 Å². The van der Waals surface area contributed by atoms with Gasteiger partial charge in [-0.15, -0.1) is 0 Å². The van der Waals surface area contributed by atoms with Gasteiger partial charge in [0, 0.05) is 14.0 Å². The fourth-order valence-electron chi connectivity index (χ4n) is 0.977. The summed E-state index contributed by atoms with van der Waals surface area (Å²) in [7, 11) is 1.61. The van der Waals surface area contributed by atoms with Crippen molar-refractivity contribution in [2.75, 3.05) is 26.8 Å². The van der Waals surface area contributed by atoms with E-state index in [1.807, 2.05) is 19.9 Å². The predicted octanol–water partition coefficient (Wildman–Crippen LogP) is 2.35. The molecule has 1 aromatic heterocycles. The molecule has 1 heterocycles. The van der Waals surface area contributed by atoms with Gasteiger partial charge in [0.25, 0.3) is 0 Å². The number of ether oxygens (including phenoxy) is 2. The quantitative estimate of drug-likeness (QED) is 0.759. The molecule has 94 valence electrons. The van der Waals surface area contributed by atoms with Gasteiger partial charge in [-0.3, -0.25) is 0 Å². The Bertz CT molecular complexity index is 255. The van der Waals surface area contributed by atoms with Gasteiger partial charge < -0.3 is 14.8 Å². The van der Waals surface area contributed by atoms with Gasteiger partial charge >= 0.3 is 0 Å². The summed E-state index contributed by atoms with van der Waals surface area (Å²) in [6, 6.07) is 3.63. The topological polar surface area (TPSA) is 43.4 Å². The van der Waals surface area contributed by atoms with Crippen molar-refractivity contribution in [3.63, 3.8) is 0 Å². The zero-order valence-corrected chi connectivity index (χ0v) is 10.6. The molecule has 0 spiro atoms. The fraction of sp³-hybridized carbons (Fsp3) is 0.583. The van der Waals surface area contributed by atoms with Crippen molar-refractivity contribution in [2.24, 2.45) is 0 Å². The van der Waals surface area contributed by atoms with Crippen molar-refractivity contribution < 1.29 is 10.9 Å². The molecule has 0 bridgehead atoms. The number of nitrogens with zero attached hydrogens (tertiary/aromatic N) is 1. The summed E-state index contributed by atoms with van der Waals surface area (Å²) in [5.74, 6) is 1.37. The van der Waals surface area contributed by atoms with Crippen LogP contribution in [-0.2, 0) is 0 Å². The Morgan fingerprint density at radius 1 is 1.38 bits per heavy atom. The minimum absolute atomic E-state index is 0. The van der Waals surface area contributed by atoms with Crippen LogP contribution in [0.3, 0.4) is 0 Å². The van der Waals surface area contributed by atoms with Gasteiger partial charge in [-0.2, -0.15) is 0 Å². The van der Waals surface area contributed by atoms with Crippen LogP contribution in [0.15, 0.2) is 18.3 Å². The standard InChI is InChI=1S/C10H16N2O2.C2H6.H2/c1-3-11-6-7-14-10-5-4-9(13-2)8-12-10;1-2;/h4-5,8,11H,3,6-7H2,1-2H3;1-2H3;1H. The largest absolute Gasteiger partial charge is 0.495 e. The summed E-state index contributed by atoms with van der Waals surface area (Å²) < 4.78 is 10.4. The first-order valence-corrected chi connectivity index (χ1v) is 5.70.